The number of nitrogens with zero attached hydrogens (tertiary/aromatic N) is 2. The van der Waals surface area contributed by atoms with Gasteiger partial charge in [0, 0.05) is 25.7 Å². The lowest BCUT2D eigenvalue weighted by Gasteiger charge is -2.40. The largest absolute Gasteiger partial charge is 0.487 e. The summed E-state index contributed by atoms with van der Waals surface area (Å²) in [6.07, 6.45) is 5.29. The van der Waals surface area contributed by atoms with Crippen molar-refractivity contribution < 1.29 is 23.1 Å². The Morgan fingerprint density at radius 2 is 1.79 bits per heavy atom. The lowest BCUT2D eigenvalue weighted by atomic mass is 9.90. The van der Waals surface area contributed by atoms with Gasteiger partial charge >= 0.3 is 0 Å². The Hall–Kier alpha value is -2.96. The van der Waals surface area contributed by atoms with Crippen molar-refractivity contribution in [3.8, 4) is 5.75 Å². The molecule has 2 aliphatic rings. The molecule has 34 heavy (non-hydrogen) atoms. The maximum absolute atomic E-state index is 14.5. The second-order valence-electron chi connectivity index (χ2n) is 9.13. The molecule has 0 N–H and O–H groups in total. The molecule has 7 heteroatoms. The van der Waals surface area contributed by atoms with Gasteiger partial charge in [-0.2, -0.15) is 0 Å². The van der Waals surface area contributed by atoms with E-state index in [1.165, 1.54) is 6.07 Å². The Morgan fingerprint density at radius 1 is 1.03 bits per heavy atom. The van der Waals surface area contributed by atoms with Crippen LogP contribution in [0.1, 0.15) is 72.6 Å². The third kappa shape index (κ3) is 5.24. The first-order valence-corrected chi connectivity index (χ1v) is 12.3. The Kier molecular flexibility index (Phi) is 7.80. The molecular formula is C27H32F2N2O3. The van der Waals surface area contributed by atoms with Gasteiger partial charge < -0.3 is 14.5 Å². The van der Waals surface area contributed by atoms with Crippen molar-refractivity contribution in [3.63, 3.8) is 0 Å². The molecule has 1 aliphatic carbocycles. The first-order valence-electron chi connectivity index (χ1n) is 12.3. The van der Waals surface area contributed by atoms with Crippen LogP contribution in [0.5, 0.6) is 5.75 Å². The number of para-hydroxylation sites is 1. The van der Waals surface area contributed by atoms with E-state index in [2.05, 4.69) is 0 Å². The Balaban J connectivity index is 1.70. The number of halogens is 2. The summed E-state index contributed by atoms with van der Waals surface area (Å²) in [5, 5.41) is 0. The van der Waals surface area contributed by atoms with Crippen LogP contribution in [0.4, 0.5) is 8.78 Å². The minimum atomic E-state index is -0.852. The molecule has 2 aromatic rings. The van der Waals surface area contributed by atoms with Crippen LogP contribution in [-0.2, 0) is 0 Å². The topological polar surface area (TPSA) is 49.9 Å². The van der Waals surface area contributed by atoms with Crippen LogP contribution in [0.3, 0.4) is 0 Å². The van der Waals surface area contributed by atoms with E-state index in [9.17, 15) is 18.4 Å². The number of ether oxygens (including phenoxy) is 1. The van der Waals surface area contributed by atoms with Gasteiger partial charge in [0.15, 0.2) is 0 Å². The first kappa shape index (κ1) is 24.2. The van der Waals surface area contributed by atoms with Crippen LogP contribution in [0, 0.1) is 11.6 Å². The average molecular weight is 471 g/mol. The fourth-order valence-electron chi connectivity index (χ4n) is 5.06. The monoisotopic (exact) mass is 470 g/mol. The number of fused-ring (bicyclic) bond motifs is 2. The first-order chi connectivity index (χ1) is 16.5. The van der Waals surface area contributed by atoms with Crippen molar-refractivity contribution in [1.82, 2.24) is 9.80 Å². The summed E-state index contributed by atoms with van der Waals surface area (Å²) in [6.45, 7) is 3.68. The number of amides is 2. The van der Waals surface area contributed by atoms with E-state index >= 15 is 0 Å². The zero-order valence-corrected chi connectivity index (χ0v) is 19.6. The molecule has 1 saturated carbocycles. The molecule has 0 unspecified atom stereocenters. The molecule has 2 aromatic carbocycles. The number of rotatable bonds is 3. The molecule has 0 radical (unpaired) electrons. The van der Waals surface area contributed by atoms with Gasteiger partial charge in [-0.15, -0.1) is 0 Å². The van der Waals surface area contributed by atoms with Crippen molar-refractivity contribution in [2.75, 3.05) is 19.6 Å². The molecule has 1 aliphatic heterocycles. The van der Waals surface area contributed by atoms with Crippen LogP contribution >= 0.6 is 0 Å². The van der Waals surface area contributed by atoms with Crippen LogP contribution in [0.15, 0.2) is 42.5 Å². The van der Waals surface area contributed by atoms with E-state index < -0.39 is 17.5 Å². The highest BCUT2D eigenvalue weighted by molar-refractivity contribution is 5.97. The molecule has 0 bridgehead atoms. The molecule has 0 aromatic heterocycles. The molecular weight excluding hydrogens is 438 g/mol. The molecule has 0 spiro atoms. The van der Waals surface area contributed by atoms with Gasteiger partial charge in [0.25, 0.3) is 11.8 Å². The van der Waals surface area contributed by atoms with Gasteiger partial charge in [0.05, 0.1) is 17.2 Å². The lowest BCUT2D eigenvalue weighted by molar-refractivity contribution is 0.0255. The van der Waals surface area contributed by atoms with E-state index in [0.717, 1.165) is 50.7 Å². The highest BCUT2D eigenvalue weighted by Crippen LogP contribution is 2.31. The maximum Gasteiger partial charge on any atom is 0.257 e. The van der Waals surface area contributed by atoms with Gasteiger partial charge in [-0.1, -0.05) is 25.5 Å². The fourth-order valence-corrected chi connectivity index (χ4v) is 5.06. The standard InChI is InChI=1S/C27H32F2N2O3/c1-2-15-30-16-7-8-17-31(27(33)20-14-13-19(28)18-22(20)29)23-10-4-6-12-25(23)34-24-11-5-3-9-21(24)26(30)32/h3,5,9,11,13-14,18,23,25H,2,4,6-8,10,12,15-17H2,1H3/t23-,25+/m1/s1. The van der Waals surface area contributed by atoms with Crippen LogP contribution in [0.2, 0.25) is 0 Å². The molecule has 2 atom stereocenters. The summed E-state index contributed by atoms with van der Waals surface area (Å²) < 4.78 is 34.5. The van der Waals surface area contributed by atoms with Crippen molar-refractivity contribution in [1.29, 1.82) is 0 Å². The van der Waals surface area contributed by atoms with Crippen molar-refractivity contribution in [3.05, 3.63) is 65.2 Å². The summed E-state index contributed by atoms with van der Waals surface area (Å²) in [6, 6.07) is 10.1. The average Bonchev–Trinajstić information content (AvgIpc) is 2.83. The zero-order valence-electron chi connectivity index (χ0n) is 19.6. The lowest BCUT2D eigenvalue weighted by Crippen LogP contribution is -2.51. The third-order valence-corrected chi connectivity index (χ3v) is 6.74. The van der Waals surface area contributed by atoms with Crippen LogP contribution < -0.4 is 4.74 Å². The van der Waals surface area contributed by atoms with Crippen molar-refractivity contribution in [2.24, 2.45) is 0 Å². The van der Waals surface area contributed by atoms with Crippen molar-refractivity contribution >= 4 is 11.8 Å². The van der Waals surface area contributed by atoms with Gasteiger partial charge in [0.1, 0.15) is 23.5 Å². The summed E-state index contributed by atoms with van der Waals surface area (Å²) >= 11 is 0. The summed E-state index contributed by atoms with van der Waals surface area (Å²) in [4.78, 5) is 30.4. The highest BCUT2D eigenvalue weighted by atomic mass is 19.1. The van der Waals surface area contributed by atoms with Gasteiger partial charge in [-0.05, 0) is 62.8 Å². The molecule has 2 amide bonds. The molecule has 1 heterocycles. The van der Waals surface area contributed by atoms with Crippen LogP contribution in [0.25, 0.3) is 0 Å². The molecule has 182 valence electrons. The maximum atomic E-state index is 14.5. The van der Waals surface area contributed by atoms with Gasteiger partial charge in [-0.3, -0.25) is 9.59 Å². The number of carbonyl (C=O) groups is 2. The minimum absolute atomic E-state index is 0.0355. The Bertz CT molecular complexity index is 1030. The third-order valence-electron chi connectivity index (χ3n) is 6.74. The number of carbonyl (C=O) groups excluding carboxylic acids is 2. The Labute approximate surface area is 199 Å². The summed E-state index contributed by atoms with van der Waals surface area (Å²) in [5.74, 6) is -1.52. The second kappa shape index (κ2) is 11.0. The predicted molar refractivity (Wildman–Crippen MR) is 126 cm³/mol. The predicted octanol–water partition coefficient (Wildman–Crippen LogP) is 5.44. The molecule has 1 fully saturated rings. The number of hydrogen-bond acceptors (Lipinski definition) is 3. The number of hydrogen-bond donors (Lipinski definition) is 0. The van der Waals surface area contributed by atoms with Crippen molar-refractivity contribution in [2.45, 2.75) is 64.0 Å². The molecule has 5 nitrogen and oxygen atoms in total. The summed E-state index contributed by atoms with van der Waals surface area (Å²) in [5.41, 5.74) is 0.407. The van der Waals surface area contributed by atoms with E-state index in [1.54, 1.807) is 17.0 Å². The Morgan fingerprint density at radius 3 is 2.59 bits per heavy atom. The van der Waals surface area contributed by atoms with E-state index in [0.29, 0.717) is 37.4 Å². The zero-order chi connectivity index (χ0) is 24.1. The SMILES string of the molecule is CCCN1CCCCN(C(=O)c2ccc(F)cc2F)[C@@H]2CCCC[C@@H]2Oc2ccccc2C1=O. The van der Waals surface area contributed by atoms with E-state index in [-0.39, 0.29) is 23.6 Å². The van der Waals surface area contributed by atoms with E-state index in [4.69, 9.17) is 4.74 Å². The minimum Gasteiger partial charge on any atom is -0.487 e. The summed E-state index contributed by atoms with van der Waals surface area (Å²) in [7, 11) is 0. The highest BCUT2D eigenvalue weighted by Gasteiger charge is 2.36. The van der Waals surface area contributed by atoms with E-state index in [1.807, 2.05) is 24.0 Å². The molecule has 4 rings (SSSR count). The second-order valence-corrected chi connectivity index (χ2v) is 9.13. The van der Waals surface area contributed by atoms with Crippen LogP contribution in [-0.4, -0.2) is 53.4 Å². The smallest absolute Gasteiger partial charge is 0.257 e. The fraction of sp³-hybridized carbons (Fsp3) is 0.481. The normalized spacial score (nSPS) is 21.6. The van der Waals surface area contributed by atoms with Gasteiger partial charge in [-0.25, -0.2) is 8.78 Å². The van der Waals surface area contributed by atoms with Gasteiger partial charge in [0.2, 0.25) is 0 Å². The number of benzene rings is 2. The molecule has 0 saturated heterocycles. The quantitative estimate of drug-likeness (QED) is 0.600.